The Bertz CT molecular complexity index is 1000. The van der Waals surface area contributed by atoms with Crippen molar-refractivity contribution in [3.63, 3.8) is 0 Å². The molecule has 0 bridgehead atoms. The summed E-state index contributed by atoms with van der Waals surface area (Å²) in [6, 6.07) is 19.4. The Morgan fingerprint density at radius 2 is 1.75 bits per heavy atom. The highest BCUT2D eigenvalue weighted by Crippen LogP contribution is 2.35. The van der Waals surface area contributed by atoms with Crippen LogP contribution in [0.2, 0.25) is 0 Å². The van der Waals surface area contributed by atoms with Crippen molar-refractivity contribution in [3.05, 3.63) is 65.9 Å². The highest BCUT2D eigenvalue weighted by molar-refractivity contribution is 7.79. The molecule has 1 saturated heterocycles. The van der Waals surface area contributed by atoms with Crippen molar-refractivity contribution in [1.82, 2.24) is 15.3 Å². The summed E-state index contributed by atoms with van der Waals surface area (Å²) >= 11 is 3.53. The van der Waals surface area contributed by atoms with E-state index >= 15 is 0 Å². The zero-order valence-electron chi connectivity index (χ0n) is 23.0. The van der Waals surface area contributed by atoms with Gasteiger partial charge in [-0.3, -0.25) is 10.3 Å². The van der Waals surface area contributed by atoms with Crippen LogP contribution in [0, 0.1) is 0 Å². The molecule has 2 aromatic carbocycles. The van der Waals surface area contributed by atoms with E-state index in [0.717, 1.165) is 62.5 Å². The summed E-state index contributed by atoms with van der Waals surface area (Å²) in [5.41, 5.74) is 6.09. The summed E-state index contributed by atoms with van der Waals surface area (Å²) in [6.45, 7) is 13.0. The van der Waals surface area contributed by atoms with Crippen molar-refractivity contribution in [2.24, 2.45) is 0 Å². The number of hydrogen-bond donors (Lipinski definition) is 2. The van der Waals surface area contributed by atoms with Crippen molar-refractivity contribution in [2.75, 3.05) is 39.5 Å². The molecule has 0 saturated carbocycles. The van der Waals surface area contributed by atoms with Crippen LogP contribution >= 0.6 is 12.6 Å². The molecule has 0 aliphatic carbocycles. The first-order valence-corrected chi connectivity index (χ1v) is 14.1. The zero-order valence-corrected chi connectivity index (χ0v) is 23.9. The molecular weight excluding hydrogens is 466 g/mol. The van der Waals surface area contributed by atoms with Gasteiger partial charge in [0.25, 0.3) is 0 Å². The van der Waals surface area contributed by atoms with E-state index in [1.807, 2.05) is 0 Å². The molecule has 2 heterocycles. The van der Waals surface area contributed by atoms with E-state index in [9.17, 15) is 0 Å². The minimum atomic E-state index is 0.0147. The summed E-state index contributed by atoms with van der Waals surface area (Å²) in [5, 5.41) is 3.59. The molecule has 36 heavy (non-hydrogen) atoms. The monoisotopic (exact) mass is 511 g/mol. The number of benzene rings is 2. The maximum atomic E-state index is 6.43. The Hall–Kier alpha value is -1.99. The Morgan fingerprint density at radius 3 is 2.33 bits per heavy atom. The number of likely N-dealkylation sites (tertiary alicyclic amines) is 1. The first kappa shape index (κ1) is 28.6. The van der Waals surface area contributed by atoms with Gasteiger partial charge in [0, 0.05) is 24.0 Å². The Kier molecular flexibility index (Phi) is 10.7. The summed E-state index contributed by atoms with van der Waals surface area (Å²) in [5.74, 6) is 2.58. The number of nitrogens with one attached hydrogen (secondary N) is 1. The number of methoxy groups -OCH3 is 1. The van der Waals surface area contributed by atoms with E-state index in [2.05, 4.69) is 110 Å². The van der Waals surface area contributed by atoms with Crippen LogP contribution in [0.3, 0.4) is 0 Å². The molecule has 1 N–H and O–H groups in total. The van der Waals surface area contributed by atoms with Crippen LogP contribution in [0.25, 0.3) is 11.0 Å². The van der Waals surface area contributed by atoms with Crippen molar-refractivity contribution < 1.29 is 9.15 Å². The second-order valence-electron chi connectivity index (χ2n) is 10.5. The van der Waals surface area contributed by atoms with Gasteiger partial charge in [-0.2, -0.15) is 12.6 Å². The fourth-order valence-electron chi connectivity index (χ4n) is 4.97. The second kappa shape index (κ2) is 13.5. The number of piperidine rings is 1. The van der Waals surface area contributed by atoms with Gasteiger partial charge in [-0.05, 0) is 95.1 Å². The Morgan fingerprint density at radius 1 is 1.08 bits per heavy atom. The van der Waals surface area contributed by atoms with E-state index in [1.54, 1.807) is 13.4 Å². The molecular formula is C30H45N3O2S. The van der Waals surface area contributed by atoms with Gasteiger partial charge in [0.2, 0.25) is 0 Å². The first-order valence-electron chi connectivity index (χ1n) is 13.2. The molecule has 1 unspecified atom stereocenters. The zero-order chi connectivity index (χ0) is 26.1. The molecule has 3 aromatic rings. The maximum absolute atomic E-state index is 6.43. The predicted octanol–water partition coefficient (Wildman–Crippen LogP) is 6.92. The summed E-state index contributed by atoms with van der Waals surface area (Å²) in [7, 11) is 1.72. The Labute approximate surface area is 223 Å². The smallest absolute Gasteiger partial charge is 0.134 e. The van der Waals surface area contributed by atoms with E-state index in [1.165, 1.54) is 10.9 Å². The lowest BCUT2D eigenvalue weighted by atomic mass is 9.88. The molecule has 1 fully saturated rings. The Balaban J connectivity index is 0.00000176. The van der Waals surface area contributed by atoms with E-state index < -0.39 is 0 Å². The fraction of sp³-hybridized carbons (Fsp3) is 0.533. The molecule has 0 spiro atoms. The van der Waals surface area contributed by atoms with Crippen LogP contribution in [0.15, 0.2) is 59.0 Å². The van der Waals surface area contributed by atoms with E-state index in [4.69, 9.17) is 9.15 Å². The summed E-state index contributed by atoms with van der Waals surface area (Å²) < 4.78 is 11.8. The third-order valence-electron chi connectivity index (χ3n) is 7.05. The lowest BCUT2D eigenvalue weighted by Crippen LogP contribution is -2.54. The minimum Gasteiger partial charge on any atom is -0.497 e. The standard InChI is InChI=1S/C29H41N3O2.CH4S/c1-6-17-30-32(29(2,3)4)21-26(28-20-24-9-7-8-10-27(24)34-28)31-18-15-23(16-19-31)22-11-13-25(33-5)14-12-22;1-2/h7-14,20,23,26,30H,6,15-19,21H2,1-5H3;2H,1H3. The molecule has 0 radical (unpaired) electrons. The fourth-order valence-corrected chi connectivity index (χ4v) is 4.97. The highest BCUT2D eigenvalue weighted by Gasteiger charge is 2.33. The van der Waals surface area contributed by atoms with Gasteiger partial charge in [0.05, 0.1) is 13.2 Å². The van der Waals surface area contributed by atoms with Crippen LogP contribution in [0.1, 0.15) is 70.2 Å². The topological polar surface area (TPSA) is 40.9 Å². The lowest BCUT2D eigenvalue weighted by molar-refractivity contribution is 0.0205. The molecule has 1 aliphatic heterocycles. The molecule has 4 rings (SSSR count). The number of hydrogen-bond acceptors (Lipinski definition) is 6. The van der Waals surface area contributed by atoms with Gasteiger partial charge < -0.3 is 9.15 Å². The average Bonchev–Trinajstić information content (AvgIpc) is 3.33. The number of hydrazine groups is 1. The molecule has 1 atom stereocenters. The van der Waals surface area contributed by atoms with Gasteiger partial charge in [0.15, 0.2) is 0 Å². The number of thiol groups is 1. The van der Waals surface area contributed by atoms with Crippen molar-refractivity contribution >= 4 is 23.6 Å². The molecule has 1 aliphatic rings. The molecule has 1 aromatic heterocycles. The number of nitrogens with zero attached hydrogens (tertiary/aromatic N) is 2. The van der Waals surface area contributed by atoms with Crippen LogP contribution < -0.4 is 10.2 Å². The molecule has 0 amide bonds. The largest absolute Gasteiger partial charge is 0.497 e. The normalized spacial score (nSPS) is 16.1. The SMILES string of the molecule is CCCNN(CC(c1cc2ccccc2o1)N1CCC(c2ccc(OC)cc2)CC1)C(C)(C)C.CS. The van der Waals surface area contributed by atoms with Crippen LogP contribution in [-0.2, 0) is 0 Å². The van der Waals surface area contributed by atoms with Crippen LogP contribution in [-0.4, -0.2) is 55.0 Å². The highest BCUT2D eigenvalue weighted by atomic mass is 32.1. The van der Waals surface area contributed by atoms with Crippen LogP contribution in [0.5, 0.6) is 5.75 Å². The molecule has 198 valence electrons. The summed E-state index contributed by atoms with van der Waals surface area (Å²) in [4.78, 5) is 2.63. The molecule has 5 nitrogen and oxygen atoms in total. The lowest BCUT2D eigenvalue weighted by Gasteiger charge is -2.42. The number of rotatable bonds is 9. The quantitative estimate of drug-likeness (QED) is 0.241. The predicted molar refractivity (Wildman–Crippen MR) is 155 cm³/mol. The number of para-hydroxylation sites is 1. The van der Waals surface area contributed by atoms with Crippen molar-refractivity contribution in [1.29, 1.82) is 0 Å². The van der Waals surface area contributed by atoms with Crippen molar-refractivity contribution in [2.45, 2.75) is 64.5 Å². The number of ether oxygens (including phenoxy) is 1. The first-order chi connectivity index (χ1) is 17.4. The van der Waals surface area contributed by atoms with Gasteiger partial charge in [-0.15, -0.1) is 0 Å². The third kappa shape index (κ3) is 7.28. The van der Waals surface area contributed by atoms with E-state index in [0.29, 0.717) is 5.92 Å². The maximum Gasteiger partial charge on any atom is 0.134 e. The average molecular weight is 512 g/mol. The molecule has 6 heteroatoms. The van der Waals surface area contributed by atoms with Gasteiger partial charge in [-0.1, -0.05) is 37.3 Å². The van der Waals surface area contributed by atoms with E-state index in [-0.39, 0.29) is 11.6 Å². The van der Waals surface area contributed by atoms with Gasteiger partial charge in [0.1, 0.15) is 17.1 Å². The number of fused-ring (bicyclic) bond motifs is 1. The van der Waals surface area contributed by atoms with Gasteiger partial charge in [-0.25, -0.2) is 5.01 Å². The van der Waals surface area contributed by atoms with Gasteiger partial charge >= 0.3 is 0 Å². The van der Waals surface area contributed by atoms with Crippen molar-refractivity contribution in [3.8, 4) is 5.75 Å². The third-order valence-corrected chi connectivity index (χ3v) is 7.05. The second-order valence-corrected chi connectivity index (χ2v) is 10.5. The van der Waals surface area contributed by atoms with Crippen LogP contribution in [0.4, 0.5) is 0 Å². The minimum absolute atomic E-state index is 0.0147. The number of furan rings is 1. The summed E-state index contributed by atoms with van der Waals surface area (Å²) in [6.07, 6.45) is 5.11.